The van der Waals surface area contributed by atoms with Gasteiger partial charge in [-0.25, -0.2) is 0 Å². The molecule has 0 fully saturated rings. The minimum absolute atomic E-state index is 0.0113. The van der Waals surface area contributed by atoms with Gasteiger partial charge in [-0.2, -0.15) is 0 Å². The minimum atomic E-state index is -1.16. The summed E-state index contributed by atoms with van der Waals surface area (Å²) in [6.07, 6.45) is 0. The molecular weight excluding hydrogens is 206 g/mol. The predicted molar refractivity (Wildman–Crippen MR) is 48.8 cm³/mol. The zero-order valence-electron chi connectivity index (χ0n) is 7.00. The van der Waals surface area contributed by atoms with E-state index in [1.807, 2.05) is 0 Å². The number of non-ortho nitro benzene ring substituents is 1. The molecule has 1 aromatic carbocycles. The number of benzene rings is 1. The molecule has 0 aliphatic heterocycles. The summed E-state index contributed by atoms with van der Waals surface area (Å²) in [7, 11) is 0. The van der Waals surface area contributed by atoms with E-state index in [0.717, 1.165) is 11.8 Å². The summed E-state index contributed by atoms with van der Waals surface area (Å²) in [6, 6.07) is 5.67. The number of nitro groups is 1. The molecule has 1 aromatic rings. The molecular formula is C8H6NO4S-. The number of thioether (sulfide) groups is 1. The van der Waals surface area contributed by atoms with Crippen LogP contribution in [0.5, 0.6) is 0 Å². The second kappa shape index (κ2) is 4.61. The molecule has 0 heterocycles. The first-order valence-electron chi connectivity index (χ1n) is 3.66. The van der Waals surface area contributed by atoms with E-state index >= 15 is 0 Å². The molecule has 0 atom stereocenters. The molecule has 0 N–H and O–H groups in total. The SMILES string of the molecule is O=C([O-])CSc1ccc([N+](=O)[O-])cc1. The number of aliphatic carboxylic acids is 1. The van der Waals surface area contributed by atoms with Gasteiger partial charge in [0.25, 0.3) is 5.69 Å². The molecule has 0 spiro atoms. The van der Waals surface area contributed by atoms with Crippen LogP contribution < -0.4 is 5.11 Å². The summed E-state index contributed by atoms with van der Waals surface area (Å²) in [4.78, 5) is 20.5. The monoisotopic (exact) mass is 212 g/mol. The fourth-order valence-electron chi connectivity index (χ4n) is 0.806. The van der Waals surface area contributed by atoms with Gasteiger partial charge in [-0.1, -0.05) is 0 Å². The molecule has 0 unspecified atom stereocenters. The second-order valence-electron chi connectivity index (χ2n) is 2.41. The highest BCUT2D eigenvalue weighted by atomic mass is 32.2. The second-order valence-corrected chi connectivity index (χ2v) is 3.46. The van der Waals surface area contributed by atoms with Crippen molar-refractivity contribution < 1.29 is 14.8 Å². The topological polar surface area (TPSA) is 83.3 Å². The van der Waals surface area contributed by atoms with Crippen molar-refractivity contribution in [3.8, 4) is 0 Å². The molecule has 0 aliphatic carbocycles. The van der Waals surface area contributed by atoms with Crippen molar-refractivity contribution >= 4 is 23.4 Å². The fourth-order valence-corrected chi connectivity index (χ4v) is 1.42. The van der Waals surface area contributed by atoms with Gasteiger partial charge < -0.3 is 9.90 Å². The standard InChI is InChI=1S/C8H7NO4S/c10-8(11)5-14-7-3-1-6(2-4-7)9(12)13/h1-4H,5H2,(H,10,11)/p-1. The quantitative estimate of drug-likeness (QED) is 0.410. The molecule has 0 amide bonds. The lowest BCUT2D eigenvalue weighted by Crippen LogP contribution is -2.24. The van der Waals surface area contributed by atoms with E-state index in [-0.39, 0.29) is 11.4 Å². The van der Waals surface area contributed by atoms with Gasteiger partial charge in [-0.05, 0) is 12.1 Å². The Labute approximate surface area is 83.9 Å². The van der Waals surface area contributed by atoms with Crippen LogP contribution >= 0.6 is 11.8 Å². The van der Waals surface area contributed by atoms with E-state index in [4.69, 9.17) is 0 Å². The number of hydrogen-bond donors (Lipinski definition) is 0. The number of rotatable bonds is 4. The molecule has 0 radical (unpaired) electrons. The summed E-state index contributed by atoms with van der Waals surface area (Å²) in [5.74, 6) is -1.31. The first-order chi connectivity index (χ1) is 6.59. The van der Waals surface area contributed by atoms with Crippen molar-refractivity contribution in [1.82, 2.24) is 0 Å². The van der Waals surface area contributed by atoms with Gasteiger partial charge in [0.15, 0.2) is 0 Å². The number of nitro benzene ring substituents is 1. The van der Waals surface area contributed by atoms with E-state index in [2.05, 4.69) is 0 Å². The Morgan fingerprint density at radius 3 is 2.36 bits per heavy atom. The van der Waals surface area contributed by atoms with Crippen LogP contribution in [-0.4, -0.2) is 16.6 Å². The Bertz CT molecular complexity index is 349. The number of carboxylic acid groups (broad SMARTS) is 1. The molecule has 5 nitrogen and oxygen atoms in total. The summed E-state index contributed by atoms with van der Waals surface area (Å²) in [5.41, 5.74) is -0.0113. The van der Waals surface area contributed by atoms with Crippen LogP contribution in [0.15, 0.2) is 29.2 Å². The number of carbonyl (C=O) groups is 1. The summed E-state index contributed by atoms with van der Waals surface area (Å²) in [5, 5.41) is 20.4. The number of carboxylic acids is 1. The van der Waals surface area contributed by atoms with E-state index < -0.39 is 10.9 Å². The first kappa shape index (κ1) is 10.5. The third-order valence-corrected chi connectivity index (χ3v) is 2.39. The fraction of sp³-hybridized carbons (Fsp3) is 0.125. The zero-order valence-corrected chi connectivity index (χ0v) is 7.82. The average Bonchev–Trinajstić information content (AvgIpc) is 2.15. The zero-order chi connectivity index (χ0) is 10.6. The van der Waals surface area contributed by atoms with Crippen molar-refractivity contribution in [2.45, 2.75) is 4.90 Å². The molecule has 6 heteroatoms. The van der Waals surface area contributed by atoms with Gasteiger partial charge in [0, 0.05) is 22.8 Å². The van der Waals surface area contributed by atoms with Crippen LogP contribution in [0.3, 0.4) is 0 Å². The Morgan fingerprint density at radius 1 is 1.36 bits per heavy atom. The third-order valence-electron chi connectivity index (χ3n) is 1.40. The summed E-state index contributed by atoms with van der Waals surface area (Å²) in [6.45, 7) is 0. The Balaban J connectivity index is 2.64. The van der Waals surface area contributed by atoms with Gasteiger partial charge >= 0.3 is 0 Å². The minimum Gasteiger partial charge on any atom is -0.549 e. The molecule has 0 bridgehead atoms. The van der Waals surface area contributed by atoms with E-state index in [9.17, 15) is 20.0 Å². The maximum Gasteiger partial charge on any atom is 0.269 e. The molecule has 0 aromatic heterocycles. The van der Waals surface area contributed by atoms with E-state index in [1.54, 1.807) is 0 Å². The van der Waals surface area contributed by atoms with Crippen LogP contribution in [0.1, 0.15) is 0 Å². The normalized spacial score (nSPS) is 9.71. The first-order valence-corrected chi connectivity index (χ1v) is 4.65. The predicted octanol–water partition coefficient (Wildman–Crippen LogP) is 0.437. The van der Waals surface area contributed by atoms with Gasteiger partial charge in [0.05, 0.1) is 10.9 Å². The number of nitrogens with zero attached hydrogens (tertiary/aromatic N) is 1. The van der Waals surface area contributed by atoms with Crippen molar-refractivity contribution in [1.29, 1.82) is 0 Å². The van der Waals surface area contributed by atoms with Crippen molar-refractivity contribution in [2.75, 3.05) is 5.75 Å². The summed E-state index contributed by atoms with van der Waals surface area (Å²) >= 11 is 1.06. The third kappa shape index (κ3) is 3.06. The van der Waals surface area contributed by atoms with Crippen molar-refractivity contribution in [3.05, 3.63) is 34.4 Å². The Kier molecular flexibility index (Phi) is 3.47. The van der Waals surface area contributed by atoms with E-state index in [1.165, 1.54) is 24.3 Å². The van der Waals surface area contributed by atoms with E-state index in [0.29, 0.717) is 4.90 Å². The van der Waals surface area contributed by atoms with Crippen LogP contribution in [0, 0.1) is 10.1 Å². The molecule has 0 saturated heterocycles. The maximum atomic E-state index is 10.3. The summed E-state index contributed by atoms with van der Waals surface area (Å²) < 4.78 is 0. The smallest absolute Gasteiger partial charge is 0.269 e. The van der Waals surface area contributed by atoms with Crippen LogP contribution in [0.25, 0.3) is 0 Å². The van der Waals surface area contributed by atoms with Crippen LogP contribution in [0.2, 0.25) is 0 Å². The highest BCUT2D eigenvalue weighted by molar-refractivity contribution is 8.00. The van der Waals surface area contributed by atoms with Gasteiger partial charge in [-0.3, -0.25) is 10.1 Å². The lowest BCUT2D eigenvalue weighted by atomic mass is 10.3. The Morgan fingerprint density at radius 2 is 1.93 bits per heavy atom. The molecule has 1 rings (SSSR count). The van der Waals surface area contributed by atoms with Crippen molar-refractivity contribution in [2.24, 2.45) is 0 Å². The van der Waals surface area contributed by atoms with Gasteiger partial charge in [-0.15, -0.1) is 11.8 Å². The molecule has 74 valence electrons. The lowest BCUT2D eigenvalue weighted by Gasteiger charge is -2.01. The van der Waals surface area contributed by atoms with Gasteiger partial charge in [0.2, 0.25) is 0 Å². The van der Waals surface area contributed by atoms with Crippen LogP contribution in [-0.2, 0) is 4.79 Å². The number of carbonyl (C=O) groups excluding carboxylic acids is 1. The van der Waals surface area contributed by atoms with Gasteiger partial charge in [0.1, 0.15) is 0 Å². The largest absolute Gasteiger partial charge is 0.549 e. The Hall–Kier alpha value is -1.56. The number of hydrogen-bond acceptors (Lipinski definition) is 5. The maximum absolute atomic E-state index is 10.3. The lowest BCUT2D eigenvalue weighted by molar-refractivity contribution is -0.384. The highest BCUT2D eigenvalue weighted by Gasteiger charge is 2.03. The van der Waals surface area contributed by atoms with Crippen molar-refractivity contribution in [3.63, 3.8) is 0 Å². The molecule has 0 aliphatic rings. The molecule has 0 saturated carbocycles. The highest BCUT2D eigenvalue weighted by Crippen LogP contribution is 2.20. The molecule has 14 heavy (non-hydrogen) atoms. The van der Waals surface area contributed by atoms with Crippen LogP contribution in [0.4, 0.5) is 5.69 Å². The average molecular weight is 212 g/mol.